The summed E-state index contributed by atoms with van der Waals surface area (Å²) in [5.41, 5.74) is 0.294. The number of hydrogen-bond acceptors (Lipinski definition) is 5. The van der Waals surface area contributed by atoms with E-state index in [9.17, 15) is 9.59 Å². The molecule has 2 rings (SSSR count). The Bertz CT molecular complexity index is 629. The number of aromatic nitrogens is 3. The van der Waals surface area contributed by atoms with Gasteiger partial charge in [-0.1, -0.05) is 6.92 Å². The van der Waals surface area contributed by atoms with Crippen LogP contribution in [0.5, 0.6) is 0 Å². The van der Waals surface area contributed by atoms with Gasteiger partial charge in [-0.05, 0) is 6.42 Å². The number of rotatable bonds is 4. The molecule has 7 heteroatoms. The molecule has 7 nitrogen and oxygen atoms in total. The fourth-order valence-corrected chi connectivity index (χ4v) is 1.40. The summed E-state index contributed by atoms with van der Waals surface area (Å²) in [5.74, 6) is -1.02. The van der Waals surface area contributed by atoms with Crippen LogP contribution < -0.4 is 5.56 Å². The summed E-state index contributed by atoms with van der Waals surface area (Å²) >= 11 is 0. The van der Waals surface area contributed by atoms with Gasteiger partial charge in [0.15, 0.2) is 5.69 Å². The van der Waals surface area contributed by atoms with Crippen LogP contribution in [0.15, 0.2) is 27.9 Å². The Morgan fingerprint density at radius 1 is 1.56 bits per heavy atom. The smallest absolute Gasteiger partial charge is 0.357 e. The maximum absolute atomic E-state index is 11.7. The molecule has 2 heterocycles. The molecule has 1 N–H and O–H groups in total. The van der Waals surface area contributed by atoms with Crippen LogP contribution in [0.3, 0.4) is 0 Å². The van der Waals surface area contributed by atoms with Crippen LogP contribution in [-0.4, -0.2) is 25.6 Å². The van der Waals surface area contributed by atoms with Crippen LogP contribution in [0.2, 0.25) is 0 Å². The first-order chi connectivity index (χ1) is 8.60. The molecular formula is C11H11N3O4. The molecule has 0 fully saturated rings. The topological polar surface area (TPSA) is 98.2 Å². The van der Waals surface area contributed by atoms with Gasteiger partial charge in [0, 0.05) is 11.8 Å². The molecule has 18 heavy (non-hydrogen) atoms. The van der Waals surface area contributed by atoms with Crippen molar-refractivity contribution in [2.24, 2.45) is 0 Å². The highest BCUT2D eigenvalue weighted by Crippen LogP contribution is 2.03. The summed E-state index contributed by atoms with van der Waals surface area (Å²) < 4.78 is 6.26. The molecule has 0 bridgehead atoms. The second kappa shape index (κ2) is 4.82. The van der Waals surface area contributed by atoms with Gasteiger partial charge in [0.05, 0.1) is 6.33 Å². The molecule has 2 aromatic rings. The average Bonchev–Trinajstić information content (AvgIpc) is 2.80. The van der Waals surface area contributed by atoms with Gasteiger partial charge in [-0.25, -0.2) is 14.8 Å². The van der Waals surface area contributed by atoms with Crippen molar-refractivity contribution in [1.82, 2.24) is 14.5 Å². The van der Waals surface area contributed by atoms with E-state index in [1.165, 1.54) is 17.0 Å². The van der Waals surface area contributed by atoms with E-state index >= 15 is 0 Å². The van der Waals surface area contributed by atoms with Crippen molar-refractivity contribution in [3.63, 3.8) is 0 Å². The fourth-order valence-electron chi connectivity index (χ4n) is 1.40. The highest BCUT2D eigenvalue weighted by Gasteiger charge is 2.11. The number of nitrogens with zero attached hydrogens (tertiary/aromatic N) is 3. The minimum atomic E-state index is -1.17. The molecule has 0 amide bonds. The first kappa shape index (κ1) is 12.0. The first-order valence-corrected chi connectivity index (χ1v) is 5.33. The van der Waals surface area contributed by atoms with Crippen molar-refractivity contribution in [2.45, 2.75) is 19.9 Å². The highest BCUT2D eigenvalue weighted by atomic mass is 16.4. The fraction of sp³-hybridized carbons (Fsp3) is 0.273. The second-order valence-corrected chi connectivity index (χ2v) is 3.63. The predicted octanol–water partition coefficient (Wildman–Crippen LogP) is 0.540. The van der Waals surface area contributed by atoms with Crippen LogP contribution in [0, 0.1) is 0 Å². The Balaban J connectivity index is 2.23. The van der Waals surface area contributed by atoms with E-state index in [2.05, 4.69) is 9.97 Å². The number of carboxylic acids is 1. The normalized spacial score (nSPS) is 10.5. The Labute approximate surface area is 102 Å². The zero-order valence-electron chi connectivity index (χ0n) is 9.66. The lowest BCUT2D eigenvalue weighted by molar-refractivity contribution is 0.0690. The Hall–Kier alpha value is -2.44. The third-order valence-electron chi connectivity index (χ3n) is 2.37. The van der Waals surface area contributed by atoms with E-state index in [0.717, 1.165) is 6.26 Å². The van der Waals surface area contributed by atoms with E-state index in [1.54, 1.807) is 0 Å². The number of hydrogen-bond donors (Lipinski definition) is 1. The summed E-state index contributed by atoms with van der Waals surface area (Å²) in [4.78, 5) is 30.1. The average molecular weight is 249 g/mol. The number of oxazole rings is 1. The minimum absolute atomic E-state index is 0.0586. The molecule has 0 aliphatic carbocycles. The van der Waals surface area contributed by atoms with Gasteiger partial charge in [-0.15, -0.1) is 0 Å². The van der Waals surface area contributed by atoms with E-state index in [4.69, 9.17) is 9.52 Å². The lowest BCUT2D eigenvalue weighted by Gasteiger charge is -2.02. The molecule has 0 radical (unpaired) electrons. The molecule has 94 valence electrons. The molecule has 0 aliphatic rings. The van der Waals surface area contributed by atoms with Crippen LogP contribution in [0.25, 0.3) is 0 Å². The number of aryl methyl sites for hydroxylation is 1. The third-order valence-corrected chi connectivity index (χ3v) is 2.37. The molecule has 0 unspecified atom stereocenters. The monoisotopic (exact) mass is 249 g/mol. The number of carbonyl (C=O) groups is 1. The zero-order valence-corrected chi connectivity index (χ0v) is 9.66. The van der Waals surface area contributed by atoms with Crippen LogP contribution >= 0.6 is 0 Å². The molecule has 2 aromatic heterocycles. The molecule has 0 aromatic carbocycles. The van der Waals surface area contributed by atoms with Gasteiger partial charge >= 0.3 is 5.97 Å². The van der Waals surface area contributed by atoms with Gasteiger partial charge in [-0.2, -0.15) is 0 Å². The van der Waals surface area contributed by atoms with Gasteiger partial charge < -0.3 is 9.52 Å². The quantitative estimate of drug-likeness (QED) is 0.849. The maximum atomic E-state index is 11.7. The first-order valence-electron chi connectivity index (χ1n) is 5.33. The van der Waals surface area contributed by atoms with E-state index in [-0.39, 0.29) is 23.7 Å². The molecule has 0 aliphatic heterocycles. The summed E-state index contributed by atoms with van der Waals surface area (Å²) in [6.07, 6.45) is 3.11. The van der Waals surface area contributed by atoms with Gasteiger partial charge in [-0.3, -0.25) is 9.36 Å². The van der Waals surface area contributed by atoms with Crippen LogP contribution in [0.1, 0.15) is 29.0 Å². The number of carboxylic acid groups (broad SMARTS) is 1. The maximum Gasteiger partial charge on any atom is 0.357 e. The second-order valence-electron chi connectivity index (χ2n) is 3.63. The lowest BCUT2D eigenvalue weighted by atomic mass is 10.3. The van der Waals surface area contributed by atoms with E-state index in [1.807, 2.05) is 6.92 Å². The van der Waals surface area contributed by atoms with E-state index in [0.29, 0.717) is 12.1 Å². The Kier molecular flexibility index (Phi) is 3.22. The standard InChI is InChI=1S/C11H11N3O4/c1-2-7-3-10(15)14(6-12-7)4-9-13-8(5-18-9)11(16)17/h3,5-6H,2,4H2,1H3,(H,16,17). The summed E-state index contributed by atoms with van der Waals surface area (Å²) in [5, 5.41) is 8.68. The molecule has 0 saturated heterocycles. The SMILES string of the molecule is CCc1cc(=O)n(Cc2nc(C(=O)O)co2)cn1. The van der Waals surface area contributed by atoms with Crippen molar-refractivity contribution in [1.29, 1.82) is 0 Å². The van der Waals surface area contributed by atoms with Crippen molar-refractivity contribution in [3.05, 3.63) is 46.3 Å². The number of aromatic carboxylic acids is 1. The third kappa shape index (κ3) is 2.45. The molecule has 0 spiro atoms. The van der Waals surface area contributed by atoms with Gasteiger partial charge in [0.25, 0.3) is 5.56 Å². The largest absolute Gasteiger partial charge is 0.476 e. The summed E-state index contributed by atoms with van der Waals surface area (Å²) in [6, 6.07) is 1.43. The minimum Gasteiger partial charge on any atom is -0.476 e. The zero-order chi connectivity index (χ0) is 13.1. The molecule has 0 atom stereocenters. The Morgan fingerprint density at radius 2 is 2.33 bits per heavy atom. The molecule has 0 saturated carbocycles. The summed E-state index contributed by atoms with van der Waals surface area (Å²) in [6.45, 7) is 1.96. The lowest BCUT2D eigenvalue weighted by Crippen LogP contribution is -2.21. The van der Waals surface area contributed by atoms with Crippen LogP contribution in [0.4, 0.5) is 0 Å². The Morgan fingerprint density at radius 3 is 2.89 bits per heavy atom. The molecular weight excluding hydrogens is 238 g/mol. The van der Waals surface area contributed by atoms with Crippen molar-refractivity contribution < 1.29 is 14.3 Å². The summed E-state index contributed by atoms with van der Waals surface area (Å²) in [7, 11) is 0. The van der Waals surface area contributed by atoms with Gasteiger partial charge in [0.2, 0.25) is 5.89 Å². The van der Waals surface area contributed by atoms with E-state index < -0.39 is 5.97 Å². The van der Waals surface area contributed by atoms with Gasteiger partial charge in [0.1, 0.15) is 12.8 Å². The van der Waals surface area contributed by atoms with Crippen molar-refractivity contribution in [3.8, 4) is 0 Å². The van der Waals surface area contributed by atoms with Crippen LogP contribution in [-0.2, 0) is 13.0 Å². The highest BCUT2D eigenvalue weighted by molar-refractivity contribution is 5.84. The predicted molar refractivity (Wildman–Crippen MR) is 60.4 cm³/mol. The van der Waals surface area contributed by atoms with Crippen molar-refractivity contribution in [2.75, 3.05) is 0 Å². The van der Waals surface area contributed by atoms with Crippen molar-refractivity contribution >= 4 is 5.97 Å².